The van der Waals surface area contributed by atoms with Crippen molar-refractivity contribution in [2.24, 2.45) is 0 Å². The van der Waals surface area contributed by atoms with E-state index < -0.39 is 5.97 Å². The van der Waals surface area contributed by atoms with Crippen molar-refractivity contribution < 1.29 is 19.0 Å². The molecule has 0 bridgehead atoms. The number of carbonyl (C=O) groups excluding carboxylic acids is 1. The number of fused-ring (bicyclic) bond motifs is 3. The number of hydrogen-bond donors (Lipinski definition) is 0. The molecule has 186 valence electrons. The molecule has 0 N–H and O–H groups in total. The summed E-state index contributed by atoms with van der Waals surface area (Å²) >= 11 is 1.64. The molecular formula is C26H26N4O5S. The lowest BCUT2D eigenvalue weighted by molar-refractivity contribution is 0.0523. The Bertz CT molecular complexity index is 1410. The highest BCUT2D eigenvalue weighted by molar-refractivity contribution is 7.10. The van der Waals surface area contributed by atoms with Crippen molar-refractivity contribution in [2.45, 2.75) is 32.4 Å². The van der Waals surface area contributed by atoms with Crippen LogP contribution >= 0.6 is 11.3 Å². The molecule has 10 heteroatoms. The van der Waals surface area contributed by atoms with E-state index in [1.54, 1.807) is 42.6 Å². The van der Waals surface area contributed by atoms with Gasteiger partial charge in [-0.2, -0.15) is 5.10 Å². The Morgan fingerprint density at radius 1 is 1.25 bits per heavy atom. The van der Waals surface area contributed by atoms with Gasteiger partial charge in [-0.25, -0.2) is 9.78 Å². The number of esters is 1. The van der Waals surface area contributed by atoms with E-state index in [4.69, 9.17) is 14.2 Å². The van der Waals surface area contributed by atoms with E-state index in [9.17, 15) is 9.59 Å². The third-order valence-electron chi connectivity index (χ3n) is 6.12. The van der Waals surface area contributed by atoms with E-state index >= 15 is 0 Å². The summed E-state index contributed by atoms with van der Waals surface area (Å²) in [7, 11) is 1.60. The number of thiophene rings is 1. The molecule has 3 aromatic heterocycles. The summed E-state index contributed by atoms with van der Waals surface area (Å²) in [5, 5.41) is 6.13. The van der Waals surface area contributed by atoms with Crippen LogP contribution in [-0.4, -0.2) is 45.6 Å². The Labute approximate surface area is 211 Å². The quantitative estimate of drug-likeness (QED) is 0.250. The third-order valence-corrected chi connectivity index (χ3v) is 7.09. The summed E-state index contributed by atoms with van der Waals surface area (Å²) in [4.78, 5) is 30.5. The zero-order chi connectivity index (χ0) is 25.1. The molecule has 5 rings (SSSR count). The first-order valence-corrected chi connectivity index (χ1v) is 12.6. The number of aromatic nitrogens is 4. The minimum atomic E-state index is -0.610. The normalized spacial score (nSPS) is 14.1. The molecule has 0 amide bonds. The van der Waals surface area contributed by atoms with Crippen molar-refractivity contribution in [3.63, 3.8) is 0 Å². The summed E-state index contributed by atoms with van der Waals surface area (Å²) in [5.41, 5.74) is 2.31. The monoisotopic (exact) mass is 506 g/mol. The van der Waals surface area contributed by atoms with Crippen molar-refractivity contribution in [1.82, 2.24) is 19.3 Å². The lowest BCUT2D eigenvalue weighted by Crippen LogP contribution is -2.26. The predicted octanol–water partition coefficient (Wildman–Crippen LogP) is 3.97. The molecule has 36 heavy (non-hydrogen) atoms. The SMILES string of the molecule is CCOC(=O)c1cn2c(cc1=O)-c1cc(OC)c(OCCCn3cncn3)cc1CC2c1cccs1. The second-order valence-electron chi connectivity index (χ2n) is 8.32. The highest BCUT2D eigenvalue weighted by atomic mass is 32.1. The average molecular weight is 507 g/mol. The number of benzene rings is 1. The van der Waals surface area contributed by atoms with Gasteiger partial charge in [0.15, 0.2) is 16.9 Å². The first-order chi connectivity index (χ1) is 17.6. The Balaban J connectivity index is 1.51. The first kappa shape index (κ1) is 23.8. The largest absolute Gasteiger partial charge is 0.493 e. The summed E-state index contributed by atoms with van der Waals surface area (Å²) < 4.78 is 20.6. The maximum absolute atomic E-state index is 12.9. The van der Waals surface area contributed by atoms with Crippen molar-refractivity contribution in [1.29, 1.82) is 0 Å². The number of pyridine rings is 1. The molecule has 4 heterocycles. The topological polar surface area (TPSA) is 97.5 Å². The van der Waals surface area contributed by atoms with Crippen molar-refractivity contribution in [3.05, 3.63) is 80.8 Å². The van der Waals surface area contributed by atoms with E-state index in [2.05, 4.69) is 16.1 Å². The van der Waals surface area contributed by atoms with Crippen LogP contribution in [0.3, 0.4) is 0 Å². The molecule has 1 aliphatic heterocycles. The van der Waals surface area contributed by atoms with Gasteiger partial charge in [0.05, 0.1) is 32.1 Å². The zero-order valence-electron chi connectivity index (χ0n) is 20.0. The van der Waals surface area contributed by atoms with Crippen LogP contribution in [0.2, 0.25) is 0 Å². The van der Waals surface area contributed by atoms with Crippen LogP contribution in [0.4, 0.5) is 0 Å². The number of ether oxygens (including phenoxy) is 3. The van der Waals surface area contributed by atoms with Crippen LogP contribution in [0, 0.1) is 0 Å². The summed E-state index contributed by atoms with van der Waals surface area (Å²) in [6.07, 6.45) is 6.25. The number of carbonyl (C=O) groups is 1. The fourth-order valence-corrected chi connectivity index (χ4v) is 5.27. The van der Waals surface area contributed by atoms with Gasteiger partial charge in [0.25, 0.3) is 0 Å². The van der Waals surface area contributed by atoms with Crippen LogP contribution in [0.15, 0.2) is 59.4 Å². The lowest BCUT2D eigenvalue weighted by atomic mass is 9.91. The molecule has 0 aliphatic carbocycles. The highest BCUT2D eigenvalue weighted by Gasteiger charge is 2.29. The number of aryl methyl sites for hydroxylation is 1. The number of hydrogen-bond acceptors (Lipinski definition) is 8. The molecular weight excluding hydrogens is 480 g/mol. The highest BCUT2D eigenvalue weighted by Crippen LogP contribution is 2.43. The first-order valence-electron chi connectivity index (χ1n) is 11.7. The van der Waals surface area contributed by atoms with Gasteiger partial charge in [-0.15, -0.1) is 11.3 Å². The molecule has 1 aliphatic rings. The molecule has 1 unspecified atom stereocenters. The second kappa shape index (κ2) is 10.4. The molecule has 0 radical (unpaired) electrons. The molecule has 0 fully saturated rings. The molecule has 0 saturated heterocycles. The van der Waals surface area contributed by atoms with Gasteiger partial charge in [-0.05, 0) is 42.5 Å². The fraction of sp³-hybridized carbons (Fsp3) is 0.308. The summed E-state index contributed by atoms with van der Waals surface area (Å²) in [6, 6.07) is 9.41. The Morgan fingerprint density at radius 3 is 2.86 bits per heavy atom. The van der Waals surface area contributed by atoms with Crippen molar-refractivity contribution >= 4 is 17.3 Å². The van der Waals surface area contributed by atoms with Gasteiger partial charge < -0.3 is 18.8 Å². The molecule has 4 aromatic rings. The smallest absolute Gasteiger partial charge is 0.343 e. The predicted molar refractivity (Wildman–Crippen MR) is 135 cm³/mol. The molecule has 1 atom stereocenters. The van der Waals surface area contributed by atoms with Gasteiger partial charge in [0, 0.05) is 35.7 Å². The minimum absolute atomic E-state index is 0.0323. The van der Waals surface area contributed by atoms with Crippen LogP contribution in [-0.2, 0) is 17.7 Å². The number of methoxy groups -OCH3 is 1. The fourth-order valence-electron chi connectivity index (χ4n) is 4.45. The van der Waals surface area contributed by atoms with E-state index in [-0.39, 0.29) is 23.6 Å². The maximum Gasteiger partial charge on any atom is 0.343 e. The summed E-state index contributed by atoms with van der Waals surface area (Å²) in [6.45, 7) is 3.12. The Hall–Kier alpha value is -3.92. The van der Waals surface area contributed by atoms with Crippen LogP contribution < -0.4 is 14.9 Å². The zero-order valence-corrected chi connectivity index (χ0v) is 20.9. The minimum Gasteiger partial charge on any atom is -0.493 e. The molecule has 1 aromatic carbocycles. The summed E-state index contributed by atoms with van der Waals surface area (Å²) in [5.74, 6) is 0.622. The van der Waals surface area contributed by atoms with Crippen molar-refractivity contribution in [2.75, 3.05) is 20.3 Å². The Morgan fingerprint density at radius 2 is 2.14 bits per heavy atom. The van der Waals surface area contributed by atoms with Gasteiger partial charge in [0.2, 0.25) is 0 Å². The number of rotatable bonds is 9. The van der Waals surface area contributed by atoms with Crippen LogP contribution in [0.5, 0.6) is 11.5 Å². The van der Waals surface area contributed by atoms with E-state index in [1.807, 2.05) is 28.1 Å². The standard InChI is InChI=1S/C26H26N4O5S/c1-3-34-26(32)19-14-30-20(13-22(19)31)18-12-23(33-2)24(35-8-5-7-29-16-27-15-28-29)11-17(18)10-21(30)25-6-4-9-36-25/h4,6,9,11-16,21H,3,5,7-8,10H2,1-2H3. The molecule has 0 saturated carbocycles. The van der Waals surface area contributed by atoms with Crippen LogP contribution in [0.1, 0.15) is 40.2 Å². The second-order valence-corrected chi connectivity index (χ2v) is 9.30. The Kier molecular flexibility index (Phi) is 6.86. The average Bonchev–Trinajstić information content (AvgIpc) is 3.60. The maximum atomic E-state index is 12.9. The van der Waals surface area contributed by atoms with E-state index in [0.717, 1.165) is 28.1 Å². The van der Waals surface area contributed by atoms with Gasteiger partial charge in [-0.1, -0.05) is 6.07 Å². The van der Waals surface area contributed by atoms with Gasteiger partial charge >= 0.3 is 5.97 Å². The van der Waals surface area contributed by atoms with Gasteiger partial charge in [0.1, 0.15) is 18.2 Å². The van der Waals surface area contributed by atoms with E-state index in [0.29, 0.717) is 31.1 Å². The number of nitrogens with zero attached hydrogens (tertiary/aromatic N) is 4. The molecule has 9 nitrogen and oxygen atoms in total. The lowest BCUT2D eigenvalue weighted by Gasteiger charge is -2.31. The van der Waals surface area contributed by atoms with E-state index in [1.165, 1.54) is 12.4 Å². The van der Waals surface area contributed by atoms with Crippen molar-refractivity contribution in [3.8, 4) is 22.8 Å². The third kappa shape index (κ3) is 4.64. The molecule has 0 spiro atoms. The van der Waals surface area contributed by atoms with Crippen LogP contribution in [0.25, 0.3) is 11.3 Å². The van der Waals surface area contributed by atoms with Gasteiger partial charge in [-0.3, -0.25) is 9.48 Å².